The Morgan fingerprint density at radius 2 is 1.41 bits per heavy atom. The van der Waals surface area contributed by atoms with E-state index in [-0.39, 0.29) is 56.3 Å². The molecule has 1 aliphatic rings. The van der Waals surface area contributed by atoms with Gasteiger partial charge in [0.2, 0.25) is 5.75 Å². The molecule has 0 aromatic heterocycles. The van der Waals surface area contributed by atoms with Gasteiger partial charge in [0.1, 0.15) is 23.0 Å². The summed E-state index contributed by atoms with van der Waals surface area (Å²) in [5.41, 5.74) is 0.150. The van der Waals surface area contributed by atoms with E-state index in [2.05, 4.69) is 0 Å². The number of aliphatic hydroxyl groups is 1. The van der Waals surface area contributed by atoms with Gasteiger partial charge in [-0.2, -0.15) is 0 Å². The lowest BCUT2D eigenvalue weighted by Gasteiger charge is -2.27. The molecule has 204 valence electrons. The number of aromatic hydroxyl groups is 1. The van der Waals surface area contributed by atoms with E-state index in [0.29, 0.717) is 5.56 Å². The fourth-order valence-corrected chi connectivity index (χ4v) is 4.75. The van der Waals surface area contributed by atoms with Crippen LogP contribution >= 0.6 is 11.6 Å². The van der Waals surface area contributed by atoms with Gasteiger partial charge in [0.15, 0.2) is 11.5 Å². The summed E-state index contributed by atoms with van der Waals surface area (Å²) in [6.45, 7) is 0. The maximum Gasteiger partial charge on any atom is 0.300 e. The summed E-state index contributed by atoms with van der Waals surface area (Å²) in [6, 6.07) is 10.7. The van der Waals surface area contributed by atoms with Crippen molar-refractivity contribution in [3.05, 3.63) is 70.3 Å². The average molecular weight is 556 g/mol. The number of benzene rings is 3. The number of phenols is 1. The van der Waals surface area contributed by atoms with Gasteiger partial charge < -0.3 is 33.9 Å². The van der Waals surface area contributed by atoms with E-state index < -0.39 is 23.5 Å². The van der Waals surface area contributed by atoms with Crippen LogP contribution in [0, 0.1) is 0 Å². The molecule has 0 aliphatic carbocycles. The van der Waals surface area contributed by atoms with E-state index in [0.717, 1.165) is 4.90 Å². The van der Waals surface area contributed by atoms with E-state index >= 15 is 0 Å². The Kier molecular flexibility index (Phi) is 7.78. The van der Waals surface area contributed by atoms with Crippen LogP contribution in [-0.4, -0.2) is 57.5 Å². The summed E-state index contributed by atoms with van der Waals surface area (Å²) in [4.78, 5) is 28.2. The van der Waals surface area contributed by atoms with Crippen molar-refractivity contribution >= 4 is 34.7 Å². The molecule has 3 aromatic carbocycles. The van der Waals surface area contributed by atoms with E-state index in [1.54, 1.807) is 24.3 Å². The van der Waals surface area contributed by atoms with Crippen LogP contribution in [0.3, 0.4) is 0 Å². The summed E-state index contributed by atoms with van der Waals surface area (Å²) in [7, 11) is 7.07. The first-order valence-corrected chi connectivity index (χ1v) is 11.9. The smallest absolute Gasteiger partial charge is 0.300 e. The Balaban J connectivity index is 2.08. The van der Waals surface area contributed by atoms with Gasteiger partial charge in [0.25, 0.3) is 11.7 Å². The Morgan fingerprint density at radius 1 is 0.821 bits per heavy atom. The third kappa shape index (κ3) is 4.63. The van der Waals surface area contributed by atoms with Crippen molar-refractivity contribution in [2.45, 2.75) is 6.04 Å². The molecule has 1 aliphatic heterocycles. The molecule has 0 radical (unpaired) electrons. The summed E-state index contributed by atoms with van der Waals surface area (Å²) in [6.07, 6.45) is 0. The molecular formula is C28H26ClNO9. The molecule has 11 heteroatoms. The number of carbonyl (C=O) groups is 2. The standard InChI is InChI=1S/C28H26ClNO9/c1-35-19-13-20(36-2)16(29)12-15(19)25(32)23-24(14-10-21(37-3)27(39-5)22(11-14)38-4)30(28(34)26(23)33)17-8-6-7-9-18(17)31/h6-13,24,31-32H,1-5H3/b25-23+. The largest absolute Gasteiger partial charge is 0.507 e. The van der Waals surface area contributed by atoms with Crippen molar-refractivity contribution in [3.8, 4) is 34.5 Å². The predicted molar refractivity (Wildman–Crippen MR) is 144 cm³/mol. The minimum absolute atomic E-state index is 0.0519. The first-order chi connectivity index (χ1) is 18.7. The number of halogens is 1. The number of anilines is 1. The predicted octanol–water partition coefficient (Wildman–Crippen LogP) is 4.71. The van der Waals surface area contributed by atoms with Crippen LogP contribution in [0.15, 0.2) is 54.1 Å². The van der Waals surface area contributed by atoms with Gasteiger partial charge >= 0.3 is 0 Å². The Bertz CT molecular complexity index is 1460. The molecule has 0 spiro atoms. The number of methoxy groups -OCH3 is 5. The highest BCUT2D eigenvalue weighted by Gasteiger charge is 2.48. The molecular weight excluding hydrogens is 530 g/mol. The Labute approximate surface area is 229 Å². The zero-order valence-corrected chi connectivity index (χ0v) is 22.5. The third-order valence-electron chi connectivity index (χ3n) is 6.32. The van der Waals surface area contributed by atoms with E-state index in [9.17, 15) is 19.8 Å². The zero-order valence-electron chi connectivity index (χ0n) is 21.8. The molecule has 1 atom stereocenters. The molecule has 0 bridgehead atoms. The normalized spacial score (nSPS) is 16.3. The quantitative estimate of drug-likeness (QED) is 0.231. The molecule has 1 fully saturated rings. The van der Waals surface area contributed by atoms with Gasteiger partial charge in [0.05, 0.1) is 63.4 Å². The summed E-state index contributed by atoms with van der Waals surface area (Å²) in [5.74, 6) is -1.56. The lowest BCUT2D eigenvalue weighted by atomic mass is 9.94. The highest BCUT2D eigenvalue weighted by atomic mass is 35.5. The van der Waals surface area contributed by atoms with Crippen molar-refractivity contribution < 1.29 is 43.5 Å². The van der Waals surface area contributed by atoms with Crippen LogP contribution in [0.4, 0.5) is 5.69 Å². The number of para-hydroxylation sites is 2. The second kappa shape index (κ2) is 11.0. The highest BCUT2D eigenvalue weighted by molar-refractivity contribution is 6.52. The van der Waals surface area contributed by atoms with Crippen LogP contribution in [0.1, 0.15) is 17.2 Å². The first kappa shape index (κ1) is 27.5. The fraction of sp³-hybridized carbons (Fsp3) is 0.214. The molecule has 4 rings (SSSR count). The van der Waals surface area contributed by atoms with E-state index in [1.165, 1.54) is 59.8 Å². The number of phenolic OH excluding ortho intramolecular Hbond substituents is 1. The average Bonchev–Trinajstić information content (AvgIpc) is 3.21. The number of ketones is 1. The maximum absolute atomic E-state index is 13.6. The lowest BCUT2D eigenvalue weighted by molar-refractivity contribution is -0.132. The van der Waals surface area contributed by atoms with Gasteiger partial charge in [-0.1, -0.05) is 23.7 Å². The molecule has 1 heterocycles. The van der Waals surface area contributed by atoms with Gasteiger partial charge in [0, 0.05) is 6.07 Å². The molecule has 1 saturated heterocycles. The molecule has 1 unspecified atom stereocenters. The van der Waals surface area contributed by atoms with Crippen molar-refractivity contribution in [2.75, 3.05) is 40.4 Å². The number of ether oxygens (including phenoxy) is 5. The maximum atomic E-state index is 13.6. The first-order valence-electron chi connectivity index (χ1n) is 11.5. The van der Waals surface area contributed by atoms with Crippen LogP contribution < -0.4 is 28.6 Å². The number of rotatable bonds is 8. The van der Waals surface area contributed by atoms with Gasteiger partial charge in [-0.3, -0.25) is 14.5 Å². The molecule has 39 heavy (non-hydrogen) atoms. The second-order valence-electron chi connectivity index (χ2n) is 8.30. The van der Waals surface area contributed by atoms with E-state index in [1.807, 2.05) is 0 Å². The van der Waals surface area contributed by atoms with Gasteiger partial charge in [-0.05, 0) is 35.9 Å². The number of Topliss-reactive ketones (excluding diaryl/α,β-unsaturated/α-hetero) is 1. The number of hydrogen-bond acceptors (Lipinski definition) is 9. The van der Waals surface area contributed by atoms with Gasteiger partial charge in [-0.25, -0.2) is 0 Å². The number of carbonyl (C=O) groups excluding carboxylic acids is 2. The summed E-state index contributed by atoms with van der Waals surface area (Å²) < 4.78 is 27.0. The summed E-state index contributed by atoms with van der Waals surface area (Å²) in [5, 5.41) is 22.4. The zero-order chi connectivity index (χ0) is 28.4. The molecule has 2 N–H and O–H groups in total. The highest BCUT2D eigenvalue weighted by Crippen LogP contribution is 2.49. The monoisotopic (exact) mass is 555 g/mol. The van der Waals surface area contributed by atoms with Crippen molar-refractivity contribution in [1.29, 1.82) is 0 Å². The van der Waals surface area contributed by atoms with Crippen LogP contribution in [0.2, 0.25) is 5.02 Å². The Morgan fingerprint density at radius 3 is 1.95 bits per heavy atom. The summed E-state index contributed by atoms with van der Waals surface area (Å²) >= 11 is 6.33. The topological polar surface area (TPSA) is 124 Å². The number of amides is 1. The third-order valence-corrected chi connectivity index (χ3v) is 6.61. The van der Waals surface area contributed by atoms with Crippen molar-refractivity contribution in [3.63, 3.8) is 0 Å². The van der Waals surface area contributed by atoms with Crippen molar-refractivity contribution in [2.24, 2.45) is 0 Å². The second-order valence-corrected chi connectivity index (χ2v) is 8.71. The van der Waals surface area contributed by atoms with Crippen LogP contribution in [0.25, 0.3) is 5.76 Å². The lowest BCUT2D eigenvalue weighted by Crippen LogP contribution is -2.29. The molecule has 10 nitrogen and oxygen atoms in total. The van der Waals surface area contributed by atoms with Gasteiger partial charge in [-0.15, -0.1) is 0 Å². The van der Waals surface area contributed by atoms with Crippen molar-refractivity contribution in [1.82, 2.24) is 0 Å². The minimum Gasteiger partial charge on any atom is -0.507 e. The molecule has 0 saturated carbocycles. The Hall–Kier alpha value is -4.57. The SMILES string of the molecule is COc1cc(OC)c(/C(O)=C2\C(=O)C(=O)N(c3ccccc3O)C2c2cc(OC)c(OC)c(OC)c2)cc1Cl. The van der Waals surface area contributed by atoms with Crippen LogP contribution in [-0.2, 0) is 9.59 Å². The number of hydrogen-bond donors (Lipinski definition) is 2. The molecule has 3 aromatic rings. The number of nitrogens with zero attached hydrogens (tertiary/aromatic N) is 1. The molecule has 1 amide bonds. The number of aliphatic hydroxyl groups excluding tert-OH is 1. The minimum atomic E-state index is -1.22. The van der Waals surface area contributed by atoms with Crippen LogP contribution in [0.5, 0.6) is 34.5 Å². The fourth-order valence-electron chi connectivity index (χ4n) is 4.51. The van der Waals surface area contributed by atoms with E-state index in [4.69, 9.17) is 35.3 Å².